The second-order valence-electron chi connectivity index (χ2n) is 8.10. The summed E-state index contributed by atoms with van der Waals surface area (Å²) >= 11 is 0. The molecule has 2 rings (SSSR count). The summed E-state index contributed by atoms with van der Waals surface area (Å²) in [5.41, 5.74) is 0.141. The molecule has 7 nitrogen and oxygen atoms in total. The molecule has 0 aromatic carbocycles. The fourth-order valence-electron chi connectivity index (χ4n) is 3.16. The van der Waals surface area contributed by atoms with Crippen molar-refractivity contribution in [3.05, 3.63) is 41.9 Å². The number of hydrogen-bond acceptors (Lipinski definition) is 5. The standard InChI is InChI=1S/C20H32N6O/c1-8-10-25(11-9-2)16(14(3)4)13-21-19-23-17-15(18(27)24-19)12-22-26(17)20(5,6)7/h8-9,12,14,16H,1-2,10-11,13H2,3-7H3,(H2,21,23,24,27). The second-order valence-corrected chi connectivity index (χ2v) is 8.10. The number of aromatic nitrogens is 4. The summed E-state index contributed by atoms with van der Waals surface area (Å²) in [5.74, 6) is 0.870. The van der Waals surface area contributed by atoms with Crippen molar-refractivity contribution >= 4 is 17.0 Å². The SMILES string of the molecule is C=CCN(CC=C)C(CNc1nc2c(cnn2C(C)(C)C)c(=O)[nH]1)C(C)C. The molecule has 0 bridgehead atoms. The van der Waals surface area contributed by atoms with E-state index in [1.807, 2.05) is 32.9 Å². The third kappa shape index (κ3) is 4.86. The van der Waals surface area contributed by atoms with Crippen molar-refractivity contribution < 1.29 is 0 Å². The van der Waals surface area contributed by atoms with Crippen molar-refractivity contribution in [2.45, 2.75) is 46.2 Å². The average molecular weight is 373 g/mol. The number of fused-ring (bicyclic) bond motifs is 1. The van der Waals surface area contributed by atoms with Crippen LogP contribution in [0.3, 0.4) is 0 Å². The highest BCUT2D eigenvalue weighted by Crippen LogP contribution is 2.19. The highest BCUT2D eigenvalue weighted by Gasteiger charge is 2.22. The zero-order chi connectivity index (χ0) is 20.2. The molecule has 0 fully saturated rings. The van der Waals surface area contributed by atoms with Crippen LogP contribution in [0.2, 0.25) is 0 Å². The molecule has 0 saturated carbocycles. The van der Waals surface area contributed by atoms with Crippen LogP contribution in [-0.4, -0.2) is 50.3 Å². The number of hydrogen-bond donors (Lipinski definition) is 2. The molecule has 148 valence electrons. The fraction of sp³-hybridized carbons (Fsp3) is 0.550. The van der Waals surface area contributed by atoms with Gasteiger partial charge in [-0.2, -0.15) is 10.1 Å². The highest BCUT2D eigenvalue weighted by atomic mass is 16.1. The zero-order valence-electron chi connectivity index (χ0n) is 17.1. The summed E-state index contributed by atoms with van der Waals surface area (Å²) in [6.07, 6.45) is 5.36. The van der Waals surface area contributed by atoms with Crippen molar-refractivity contribution in [3.8, 4) is 0 Å². The molecule has 7 heteroatoms. The smallest absolute Gasteiger partial charge is 0.263 e. The number of H-pyrrole nitrogens is 1. The first-order valence-electron chi connectivity index (χ1n) is 9.37. The van der Waals surface area contributed by atoms with Gasteiger partial charge < -0.3 is 5.32 Å². The van der Waals surface area contributed by atoms with Crippen molar-refractivity contribution in [3.63, 3.8) is 0 Å². The molecule has 0 radical (unpaired) electrons. The topological polar surface area (TPSA) is 78.8 Å². The van der Waals surface area contributed by atoms with E-state index in [0.29, 0.717) is 29.4 Å². The van der Waals surface area contributed by atoms with Crippen molar-refractivity contribution in [2.24, 2.45) is 5.92 Å². The minimum atomic E-state index is -0.259. The molecule has 2 aromatic rings. The van der Waals surface area contributed by atoms with Gasteiger partial charge in [-0.1, -0.05) is 26.0 Å². The minimum Gasteiger partial charge on any atom is -0.354 e. The Morgan fingerprint density at radius 1 is 1.30 bits per heavy atom. The van der Waals surface area contributed by atoms with E-state index in [4.69, 9.17) is 0 Å². The van der Waals surface area contributed by atoms with E-state index < -0.39 is 0 Å². The number of rotatable bonds is 9. The Balaban J connectivity index is 2.30. The lowest BCUT2D eigenvalue weighted by Crippen LogP contribution is -2.44. The first-order chi connectivity index (χ1) is 12.7. The first kappa shape index (κ1) is 20.9. The Kier molecular flexibility index (Phi) is 6.59. The quantitative estimate of drug-likeness (QED) is 0.662. The predicted molar refractivity (Wildman–Crippen MR) is 112 cm³/mol. The maximum atomic E-state index is 12.4. The van der Waals surface area contributed by atoms with Crippen LogP contribution < -0.4 is 10.9 Å². The molecule has 0 amide bonds. The van der Waals surface area contributed by atoms with Crippen LogP contribution in [-0.2, 0) is 5.54 Å². The third-order valence-corrected chi connectivity index (χ3v) is 4.52. The van der Waals surface area contributed by atoms with Gasteiger partial charge in [0.15, 0.2) is 5.65 Å². The van der Waals surface area contributed by atoms with Gasteiger partial charge in [-0.3, -0.25) is 14.7 Å². The van der Waals surface area contributed by atoms with Gasteiger partial charge >= 0.3 is 0 Å². The van der Waals surface area contributed by atoms with Crippen molar-refractivity contribution in [1.29, 1.82) is 0 Å². The van der Waals surface area contributed by atoms with Gasteiger partial charge in [0.1, 0.15) is 5.39 Å². The largest absolute Gasteiger partial charge is 0.354 e. The van der Waals surface area contributed by atoms with E-state index in [1.165, 1.54) is 0 Å². The molecule has 0 saturated heterocycles. The third-order valence-electron chi connectivity index (χ3n) is 4.52. The van der Waals surface area contributed by atoms with Crippen molar-refractivity contribution in [2.75, 3.05) is 25.0 Å². The molecule has 0 aliphatic rings. The fourth-order valence-corrected chi connectivity index (χ4v) is 3.16. The van der Waals surface area contributed by atoms with Crippen LogP contribution in [0.25, 0.3) is 11.0 Å². The molecule has 1 unspecified atom stereocenters. The van der Waals surface area contributed by atoms with Gasteiger partial charge in [0.2, 0.25) is 5.95 Å². The predicted octanol–water partition coefficient (Wildman–Crippen LogP) is 2.99. The summed E-state index contributed by atoms with van der Waals surface area (Å²) in [6, 6.07) is 0.245. The summed E-state index contributed by atoms with van der Waals surface area (Å²) in [5, 5.41) is 8.15. The van der Waals surface area contributed by atoms with Crippen LogP contribution in [0.4, 0.5) is 5.95 Å². The lowest BCUT2D eigenvalue weighted by molar-refractivity contribution is 0.199. The highest BCUT2D eigenvalue weighted by molar-refractivity contribution is 5.74. The minimum absolute atomic E-state index is 0.187. The van der Waals surface area contributed by atoms with Crippen LogP contribution in [0.5, 0.6) is 0 Å². The van der Waals surface area contributed by atoms with Crippen molar-refractivity contribution in [1.82, 2.24) is 24.6 Å². The second kappa shape index (κ2) is 8.52. The lowest BCUT2D eigenvalue weighted by Gasteiger charge is -2.33. The van der Waals surface area contributed by atoms with Crippen LogP contribution in [0.1, 0.15) is 34.6 Å². The maximum absolute atomic E-state index is 12.4. The molecule has 27 heavy (non-hydrogen) atoms. The van der Waals surface area contributed by atoms with Gasteiger partial charge in [0.05, 0.1) is 11.7 Å². The molecule has 2 aromatic heterocycles. The Labute approximate surface area is 161 Å². The van der Waals surface area contributed by atoms with E-state index in [9.17, 15) is 4.79 Å². The Hall–Kier alpha value is -2.41. The molecular formula is C20H32N6O. The zero-order valence-corrected chi connectivity index (χ0v) is 17.1. The van der Waals surface area contributed by atoms with Gasteiger partial charge in [-0.05, 0) is 26.7 Å². The summed E-state index contributed by atoms with van der Waals surface area (Å²) < 4.78 is 1.78. The van der Waals surface area contributed by atoms with Crippen LogP contribution in [0.15, 0.2) is 36.3 Å². The normalized spacial score (nSPS) is 13.3. The monoisotopic (exact) mass is 372 g/mol. The van der Waals surface area contributed by atoms with E-state index in [-0.39, 0.29) is 17.1 Å². The van der Waals surface area contributed by atoms with Crippen LogP contribution >= 0.6 is 0 Å². The molecule has 0 aliphatic carbocycles. The summed E-state index contributed by atoms with van der Waals surface area (Å²) in [6.45, 7) is 20.4. The number of anilines is 1. The molecular weight excluding hydrogens is 340 g/mol. The summed E-state index contributed by atoms with van der Waals surface area (Å²) in [4.78, 5) is 22.2. The van der Waals surface area contributed by atoms with Crippen LogP contribution in [0, 0.1) is 5.92 Å². The number of nitrogens with one attached hydrogen (secondary N) is 2. The van der Waals surface area contributed by atoms with E-state index in [1.54, 1.807) is 10.9 Å². The lowest BCUT2D eigenvalue weighted by atomic mass is 10.0. The van der Waals surface area contributed by atoms with E-state index in [0.717, 1.165) is 13.1 Å². The Bertz CT molecular complexity index is 832. The van der Waals surface area contributed by atoms with Gasteiger partial charge in [0, 0.05) is 25.7 Å². The Morgan fingerprint density at radius 3 is 2.44 bits per heavy atom. The first-order valence-corrected chi connectivity index (χ1v) is 9.37. The van der Waals surface area contributed by atoms with E-state index >= 15 is 0 Å². The summed E-state index contributed by atoms with van der Waals surface area (Å²) in [7, 11) is 0. The van der Waals surface area contributed by atoms with E-state index in [2.05, 4.69) is 52.3 Å². The van der Waals surface area contributed by atoms with Gasteiger partial charge in [0.25, 0.3) is 5.56 Å². The number of aromatic amines is 1. The molecule has 1 atom stereocenters. The average Bonchev–Trinajstić information content (AvgIpc) is 3.00. The molecule has 2 heterocycles. The Morgan fingerprint density at radius 2 is 1.93 bits per heavy atom. The van der Waals surface area contributed by atoms with Gasteiger partial charge in [-0.25, -0.2) is 4.68 Å². The molecule has 2 N–H and O–H groups in total. The maximum Gasteiger partial charge on any atom is 0.263 e. The molecule has 0 aliphatic heterocycles. The van der Waals surface area contributed by atoms with Gasteiger partial charge in [-0.15, -0.1) is 13.2 Å². The molecule has 0 spiro atoms. The number of nitrogens with zero attached hydrogens (tertiary/aromatic N) is 4.